The molecule has 1 heterocycles. The van der Waals surface area contributed by atoms with E-state index >= 15 is 0 Å². The highest BCUT2D eigenvalue weighted by molar-refractivity contribution is 9.10. The van der Waals surface area contributed by atoms with Crippen LogP contribution in [0.25, 0.3) is 0 Å². The van der Waals surface area contributed by atoms with Gasteiger partial charge in [0.25, 0.3) is 5.91 Å². The maximum atomic E-state index is 13.1. The lowest BCUT2D eigenvalue weighted by atomic mass is 10.1. The van der Waals surface area contributed by atoms with Crippen LogP contribution in [0.15, 0.2) is 28.9 Å². The molecular weight excluding hydrogens is 338 g/mol. The van der Waals surface area contributed by atoms with Crippen LogP contribution >= 0.6 is 15.9 Å². The molecule has 8 heteroatoms. The second-order valence-electron chi connectivity index (χ2n) is 3.80. The smallest absolute Gasteiger partial charge is 0.337 e. The number of H-pyrrole nitrogens is 1. The number of rotatable bonds is 3. The van der Waals surface area contributed by atoms with Crippen molar-refractivity contribution in [3.05, 3.63) is 51.8 Å². The summed E-state index contributed by atoms with van der Waals surface area (Å²) in [5.41, 5.74) is -0.729. The maximum Gasteiger partial charge on any atom is 0.337 e. The number of carboxylic acids is 1. The van der Waals surface area contributed by atoms with Gasteiger partial charge >= 0.3 is 5.97 Å². The Bertz CT molecular complexity index is 700. The molecule has 1 aromatic carbocycles. The molecular formula is C12H7BrF2N2O3. The standard InChI is InChI=1S/C12H7BrF2N2O3/c13-5-1-10(16-4-5)11(18)17-9-3-8(15)7(14)2-6(9)12(19)20/h1-4,16H,(H,17,18)(H,19,20). The summed E-state index contributed by atoms with van der Waals surface area (Å²) < 4.78 is 26.8. The molecule has 0 fully saturated rings. The molecule has 0 aliphatic heterocycles. The molecule has 5 nitrogen and oxygen atoms in total. The van der Waals surface area contributed by atoms with E-state index in [0.717, 1.165) is 0 Å². The van der Waals surface area contributed by atoms with Crippen molar-refractivity contribution in [2.75, 3.05) is 5.32 Å². The van der Waals surface area contributed by atoms with Crippen LogP contribution in [0.1, 0.15) is 20.8 Å². The molecule has 2 aromatic rings. The number of benzene rings is 1. The van der Waals surface area contributed by atoms with E-state index in [1.165, 1.54) is 12.3 Å². The number of amides is 1. The fraction of sp³-hybridized carbons (Fsp3) is 0. The second-order valence-corrected chi connectivity index (χ2v) is 4.72. The molecule has 1 amide bonds. The summed E-state index contributed by atoms with van der Waals surface area (Å²) in [4.78, 5) is 25.4. The van der Waals surface area contributed by atoms with Crippen LogP contribution in [-0.4, -0.2) is 22.0 Å². The van der Waals surface area contributed by atoms with E-state index in [9.17, 15) is 18.4 Å². The normalized spacial score (nSPS) is 10.3. The molecule has 3 N–H and O–H groups in total. The van der Waals surface area contributed by atoms with Gasteiger partial charge in [-0.3, -0.25) is 4.79 Å². The van der Waals surface area contributed by atoms with Crippen LogP contribution in [0.3, 0.4) is 0 Å². The highest BCUT2D eigenvalue weighted by Gasteiger charge is 2.18. The number of carbonyl (C=O) groups excluding carboxylic acids is 1. The highest BCUT2D eigenvalue weighted by atomic mass is 79.9. The van der Waals surface area contributed by atoms with Gasteiger partial charge in [-0.15, -0.1) is 0 Å². The topological polar surface area (TPSA) is 82.2 Å². The van der Waals surface area contributed by atoms with E-state index in [1.54, 1.807) is 0 Å². The van der Waals surface area contributed by atoms with Gasteiger partial charge in [0.1, 0.15) is 5.69 Å². The minimum Gasteiger partial charge on any atom is -0.478 e. The summed E-state index contributed by atoms with van der Waals surface area (Å²) >= 11 is 3.13. The molecule has 0 saturated heterocycles. The van der Waals surface area contributed by atoms with E-state index in [-0.39, 0.29) is 11.4 Å². The molecule has 0 bridgehead atoms. The Morgan fingerprint density at radius 3 is 2.40 bits per heavy atom. The van der Waals surface area contributed by atoms with Crippen molar-refractivity contribution in [2.24, 2.45) is 0 Å². The number of anilines is 1. The average Bonchev–Trinajstić information content (AvgIpc) is 2.80. The molecule has 0 spiro atoms. The van der Waals surface area contributed by atoms with E-state index in [2.05, 4.69) is 26.2 Å². The Balaban J connectivity index is 2.35. The Morgan fingerprint density at radius 2 is 1.85 bits per heavy atom. The van der Waals surface area contributed by atoms with Crippen LogP contribution in [0, 0.1) is 11.6 Å². The average molecular weight is 345 g/mol. The number of halogens is 3. The molecule has 0 radical (unpaired) electrons. The van der Waals surface area contributed by atoms with Crippen LogP contribution in [0.4, 0.5) is 14.5 Å². The fourth-order valence-electron chi connectivity index (χ4n) is 1.52. The number of nitrogens with one attached hydrogen (secondary N) is 2. The lowest BCUT2D eigenvalue weighted by molar-refractivity contribution is 0.0697. The molecule has 0 aliphatic rings. The summed E-state index contributed by atoms with van der Waals surface area (Å²) in [6.45, 7) is 0. The minimum atomic E-state index is -1.48. The van der Waals surface area contributed by atoms with E-state index in [0.29, 0.717) is 16.6 Å². The highest BCUT2D eigenvalue weighted by Crippen LogP contribution is 2.21. The van der Waals surface area contributed by atoms with Crippen molar-refractivity contribution >= 4 is 33.5 Å². The first-order valence-corrected chi connectivity index (χ1v) is 6.05. The zero-order valence-electron chi connectivity index (χ0n) is 9.71. The molecule has 2 rings (SSSR count). The first kappa shape index (κ1) is 14.2. The summed E-state index contributed by atoms with van der Waals surface area (Å²) in [5, 5.41) is 11.1. The summed E-state index contributed by atoms with van der Waals surface area (Å²) in [5.74, 6) is -4.71. The van der Waals surface area contributed by atoms with Crippen molar-refractivity contribution in [1.29, 1.82) is 0 Å². The number of aromatic amines is 1. The molecule has 0 atom stereocenters. The van der Waals surface area contributed by atoms with Crippen LogP contribution in [0.2, 0.25) is 0 Å². The Labute approximate surface area is 119 Å². The summed E-state index contributed by atoms with van der Waals surface area (Å²) in [7, 11) is 0. The van der Waals surface area contributed by atoms with Crippen molar-refractivity contribution in [3.8, 4) is 0 Å². The van der Waals surface area contributed by atoms with Crippen LogP contribution in [0.5, 0.6) is 0 Å². The summed E-state index contributed by atoms with van der Waals surface area (Å²) in [6.07, 6.45) is 1.50. The molecule has 104 valence electrons. The predicted molar refractivity (Wildman–Crippen MR) is 69.8 cm³/mol. The van der Waals surface area contributed by atoms with Crippen LogP contribution < -0.4 is 5.32 Å². The SMILES string of the molecule is O=C(Nc1cc(F)c(F)cc1C(=O)O)c1cc(Br)c[nH]1. The fourth-order valence-corrected chi connectivity index (χ4v) is 1.86. The minimum absolute atomic E-state index is 0.137. The van der Waals surface area contributed by atoms with Crippen molar-refractivity contribution in [3.63, 3.8) is 0 Å². The second kappa shape index (κ2) is 5.41. The van der Waals surface area contributed by atoms with Gasteiger partial charge in [-0.05, 0) is 28.1 Å². The van der Waals surface area contributed by atoms with Gasteiger partial charge in [0.2, 0.25) is 0 Å². The van der Waals surface area contributed by atoms with Crippen molar-refractivity contribution in [2.45, 2.75) is 0 Å². The third kappa shape index (κ3) is 2.85. The lowest BCUT2D eigenvalue weighted by Crippen LogP contribution is -2.15. The molecule has 0 unspecified atom stereocenters. The molecule has 0 saturated carbocycles. The van der Waals surface area contributed by atoms with Gasteiger partial charge in [0.05, 0.1) is 11.3 Å². The molecule has 1 aromatic heterocycles. The largest absolute Gasteiger partial charge is 0.478 e. The van der Waals surface area contributed by atoms with Crippen LogP contribution in [-0.2, 0) is 0 Å². The number of carboxylic acid groups (broad SMARTS) is 1. The van der Waals surface area contributed by atoms with E-state index < -0.39 is 29.1 Å². The first-order chi connectivity index (χ1) is 9.38. The van der Waals surface area contributed by atoms with Gasteiger partial charge in [-0.25, -0.2) is 13.6 Å². The number of carbonyl (C=O) groups is 2. The number of aromatic nitrogens is 1. The third-order valence-corrected chi connectivity index (χ3v) is 2.89. The monoisotopic (exact) mass is 344 g/mol. The predicted octanol–water partition coefficient (Wildman–Crippen LogP) is 3.01. The molecule has 20 heavy (non-hydrogen) atoms. The zero-order chi connectivity index (χ0) is 14.9. The Kier molecular flexibility index (Phi) is 3.84. The van der Waals surface area contributed by atoms with E-state index in [1.807, 2.05) is 0 Å². The summed E-state index contributed by atoms with van der Waals surface area (Å²) in [6, 6.07) is 2.59. The molecule has 0 aliphatic carbocycles. The maximum absolute atomic E-state index is 13.1. The quantitative estimate of drug-likeness (QED) is 0.800. The number of hydrogen-bond donors (Lipinski definition) is 3. The number of aromatic carboxylic acids is 1. The Morgan fingerprint density at radius 1 is 1.20 bits per heavy atom. The van der Waals surface area contributed by atoms with Gasteiger partial charge in [0.15, 0.2) is 11.6 Å². The Hall–Kier alpha value is -2.22. The van der Waals surface area contributed by atoms with Gasteiger partial charge < -0.3 is 15.4 Å². The van der Waals surface area contributed by atoms with E-state index in [4.69, 9.17) is 5.11 Å². The number of hydrogen-bond acceptors (Lipinski definition) is 2. The van der Waals surface area contributed by atoms with Crippen molar-refractivity contribution < 1.29 is 23.5 Å². The first-order valence-electron chi connectivity index (χ1n) is 5.26. The van der Waals surface area contributed by atoms with Gasteiger partial charge in [-0.1, -0.05) is 0 Å². The van der Waals surface area contributed by atoms with Crippen molar-refractivity contribution in [1.82, 2.24) is 4.98 Å². The van der Waals surface area contributed by atoms with Gasteiger partial charge in [0, 0.05) is 16.7 Å². The zero-order valence-corrected chi connectivity index (χ0v) is 11.3. The third-order valence-electron chi connectivity index (χ3n) is 2.43. The van der Waals surface area contributed by atoms with Gasteiger partial charge in [-0.2, -0.15) is 0 Å². The lowest BCUT2D eigenvalue weighted by Gasteiger charge is -2.08.